The van der Waals surface area contributed by atoms with Gasteiger partial charge < -0.3 is 19.7 Å². The van der Waals surface area contributed by atoms with Gasteiger partial charge in [-0.05, 0) is 31.0 Å². The standard InChI is InChI=1S/C20H25NO3.C2H4O2/c1-2-23-18-10-6-7-11-19(18)24-16-20(22)12-13-21(15-20)14-17-8-4-3-5-9-17;1-2(3)4/h3-11,22H,2,12-16H2,1H3;1H3,(H,3,4). The number of benzene rings is 2. The third-order valence-corrected chi connectivity index (χ3v) is 4.31. The number of aliphatic carboxylic acids is 1. The highest BCUT2D eigenvalue weighted by Crippen LogP contribution is 2.29. The van der Waals surface area contributed by atoms with Crippen molar-refractivity contribution in [3.63, 3.8) is 0 Å². The van der Waals surface area contributed by atoms with E-state index in [9.17, 15) is 5.11 Å². The predicted molar refractivity (Wildman–Crippen MR) is 108 cm³/mol. The summed E-state index contributed by atoms with van der Waals surface area (Å²) in [6.45, 7) is 6.26. The number of ether oxygens (including phenoxy) is 2. The fourth-order valence-corrected chi connectivity index (χ4v) is 3.09. The topological polar surface area (TPSA) is 79.2 Å². The highest BCUT2D eigenvalue weighted by atomic mass is 16.5. The molecule has 1 fully saturated rings. The second-order valence-electron chi connectivity index (χ2n) is 6.86. The Bertz CT molecular complexity index is 733. The molecule has 0 spiro atoms. The van der Waals surface area contributed by atoms with Gasteiger partial charge in [-0.25, -0.2) is 0 Å². The highest BCUT2D eigenvalue weighted by molar-refractivity contribution is 5.62. The van der Waals surface area contributed by atoms with Gasteiger partial charge in [-0.2, -0.15) is 0 Å². The van der Waals surface area contributed by atoms with Crippen LogP contribution in [0.5, 0.6) is 11.5 Å². The molecule has 1 saturated heterocycles. The lowest BCUT2D eigenvalue weighted by Crippen LogP contribution is -2.39. The summed E-state index contributed by atoms with van der Waals surface area (Å²) in [4.78, 5) is 11.3. The van der Waals surface area contributed by atoms with Crippen LogP contribution in [-0.4, -0.2) is 53.0 Å². The van der Waals surface area contributed by atoms with Crippen molar-refractivity contribution in [1.82, 2.24) is 4.90 Å². The molecule has 0 aliphatic carbocycles. The molecule has 6 heteroatoms. The van der Waals surface area contributed by atoms with E-state index in [4.69, 9.17) is 19.4 Å². The predicted octanol–water partition coefficient (Wildman–Crippen LogP) is 3.19. The van der Waals surface area contributed by atoms with Crippen LogP contribution >= 0.6 is 0 Å². The molecule has 1 aliphatic heterocycles. The summed E-state index contributed by atoms with van der Waals surface area (Å²) in [6, 6.07) is 18.0. The molecule has 1 unspecified atom stereocenters. The molecule has 1 heterocycles. The van der Waals surface area contributed by atoms with Crippen molar-refractivity contribution in [3.8, 4) is 11.5 Å². The summed E-state index contributed by atoms with van der Waals surface area (Å²) in [6.07, 6.45) is 0.719. The van der Waals surface area contributed by atoms with Gasteiger partial charge in [0.2, 0.25) is 0 Å². The molecule has 1 aliphatic rings. The summed E-state index contributed by atoms with van der Waals surface area (Å²) in [5.41, 5.74) is 0.457. The molecule has 0 radical (unpaired) electrons. The number of carboxylic acid groups (broad SMARTS) is 1. The van der Waals surface area contributed by atoms with Crippen LogP contribution in [0.1, 0.15) is 25.8 Å². The van der Waals surface area contributed by atoms with Crippen LogP contribution < -0.4 is 9.47 Å². The van der Waals surface area contributed by atoms with E-state index in [-0.39, 0.29) is 6.61 Å². The maximum Gasteiger partial charge on any atom is 0.300 e. The van der Waals surface area contributed by atoms with E-state index in [0.717, 1.165) is 32.2 Å². The number of hydrogen-bond donors (Lipinski definition) is 2. The molecular weight excluding hydrogens is 358 g/mol. The molecule has 6 nitrogen and oxygen atoms in total. The molecule has 2 aromatic rings. The number of carboxylic acids is 1. The van der Waals surface area contributed by atoms with Crippen molar-refractivity contribution in [2.24, 2.45) is 0 Å². The van der Waals surface area contributed by atoms with Gasteiger partial charge in [0.1, 0.15) is 12.2 Å². The molecular formula is C22H29NO5. The zero-order valence-electron chi connectivity index (χ0n) is 16.5. The minimum Gasteiger partial charge on any atom is -0.490 e. The van der Waals surface area contributed by atoms with Crippen LogP contribution in [0.25, 0.3) is 0 Å². The van der Waals surface area contributed by atoms with Crippen molar-refractivity contribution < 1.29 is 24.5 Å². The largest absolute Gasteiger partial charge is 0.490 e. The first-order chi connectivity index (χ1) is 13.4. The van der Waals surface area contributed by atoms with Gasteiger partial charge in [-0.15, -0.1) is 0 Å². The first-order valence-corrected chi connectivity index (χ1v) is 9.44. The van der Waals surface area contributed by atoms with Crippen molar-refractivity contribution in [3.05, 3.63) is 60.2 Å². The van der Waals surface area contributed by atoms with E-state index in [0.29, 0.717) is 18.9 Å². The first-order valence-electron chi connectivity index (χ1n) is 9.44. The van der Waals surface area contributed by atoms with Crippen LogP contribution in [0.3, 0.4) is 0 Å². The molecule has 152 valence electrons. The molecule has 0 aromatic heterocycles. The number of hydrogen-bond acceptors (Lipinski definition) is 5. The third-order valence-electron chi connectivity index (χ3n) is 4.31. The lowest BCUT2D eigenvalue weighted by molar-refractivity contribution is -0.134. The van der Waals surface area contributed by atoms with E-state index >= 15 is 0 Å². The lowest BCUT2D eigenvalue weighted by atomic mass is 10.1. The zero-order valence-corrected chi connectivity index (χ0v) is 16.5. The van der Waals surface area contributed by atoms with Crippen molar-refractivity contribution in [1.29, 1.82) is 0 Å². The van der Waals surface area contributed by atoms with E-state index in [2.05, 4.69) is 17.0 Å². The number of carbonyl (C=O) groups is 1. The molecule has 0 amide bonds. The van der Waals surface area contributed by atoms with Gasteiger partial charge >= 0.3 is 0 Å². The van der Waals surface area contributed by atoms with Crippen LogP contribution in [0, 0.1) is 0 Å². The minimum absolute atomic E-state index is 0.280. The lowest BCUT2D eigenvalue weighted by Gasteiger charge is -2.24. The van der Waals surface area contributed by atoms with Gasteiger partial charge in [0, 0.05) is 26.6 Å². The second kappa shape index (κ2) is 10.7. The van der Waals surface area contributed by atoms with Gasteiger partial charge in [0.25, 0.3) is 5.97 Å². The van der Waals surface area contributed by atoms with Gasteiger partial charge in [0.15, 0.2) is 11.5 Å². The molecule has 2 N–H and O–H groups in total. The Morgan fingerprint density at radius 1 is 1.07 bits per heavy atom. The maximum absolute atomic E-state index is 10.8. The van der Waals surface area contributed by atoms with Crippen LogP contribution in [-0.2, 0) is 11.3 Å². The number of nitrogens with zero attached hydrogens (tertiary/aromatic N) is 1. The van der Waals surface area contributed by atoms with Crippen molar-refractivity contribution >= 4 is 5.97 Å². The number of rotatable bonds is 7. The monoisotopic (exact) mass is 387 g/mol. The Labute approximate surface area is 166 Å². The molecule has 3 rings (SSSR count). The van der Waals surface area contributed by atoms with Gasteiger partial charge in [0.05, 0.1) is 6.61 Å². The summed E-state index contributed by atoms with van der Waals surface area (Å²) < 4.78 is 11.4. The van der Waals surface area contributed by atoms with E-state index < -0.39 is 11.6 Å². The van der Waals surface area contributed by atoms with E-state index in [1.807, 2.05) is 49.4 Å². The molecule has 2 aromatic carbocycles. The number of aliphatic hydroxyl groups is 1. The minimum atomic E-state index is -0.833. The fourth-order valence-electron chi connectivity index (χ4n) is 3.09. The van der Waals surface area contributed by atoms with Gasteiger partial charge in [-0.1, -0.05) is 42.5 Å². The van der Waals surface area contributed by atoms with Crippen LogP contribution in [0.4, 0.5) is 0 Å². The summed E-state index contributed by atoms with van der Waals surface area (Å²) in [5.74, 6) is 0.581. The summed E-state index contributed by atoms with van der Waals surface area (Å²) in [5, 5.41) is 18.2. The quantitative estimate of drug-likeness (QED) is 0.760. The highest BCUT2D eigenvalue weighted by Gasteiger charge is 2.37. The molecule has 28 heavy (non-hydrogen) atoms. The third kappa shape index (κ3) is 7.21. The number of likely N-dealkylation sites (tertiary alicyclic amines) is 1. The number of β-amino-alcohol motifs (C(OH)–C–C–N with tert-alkyl or cyclic N) is 1. The molecule has 0 saturated carbocycles. The normalized spacial score (nSPS) is 18.8. The van der Waals surface area contributed by atoms with Crippen LogP contribution in [0.2, 0.25) is 0 Å². The average molecular weight is 387 g/mol. The van der Waals surface area contributed by atoms with Crippen molar-refractivity contribution in [2.75, 3.05) is 26.3 Å². The fraction of sp³-hybridized carbons (Fsp3) is 0.409. The zero-order chi connectivity index (χ0) is 20.4. The van der Waals surface area contributed by atoms with Crippen molar-refractivity contribution in [2.45, 2.75) is 32.4 Å². The van der Waals surface area contributed by atoms with E-state index in [1.165, 1.54) is 5.56 Å². The molecule has 1 atom stereocenters. The Kier molecular flexibility index (Phi) is 8.29. The Morgan fingerprint density at radius 2 is 1.64 bits per heavy atom. The van der Waals surface area contributed by atoms with Crippen LogP contribution in [0.15, 0.2) is 54.6 Å². The Balaban J connectivity index is 0.000000640. The second-order valence-corrected chi connectivity index (χ2v) is 6.86. The SMILES string of the molecule is CC(=O)O.CCOc1ccccc1OCC1(O)CCN(Cc2ccccc2)C1. The molecule has 0 bridgehead atoms. The Morgan fingerprint density at radius 3 is 2.25 bits per heavy atom. The van der Waals surface area contributed by atoms with E-state index in [1.54, 1.807) is 0 Å². The summed E-state index contributed by atoms with van der Waals surface area (Å²) in [7, 11) is 0. The summed E-state index contributed by atoms with van der Waals surface area (Å²) >= 11 is 0. The smallest absolute Gasteiger partial charge is 0.300 e. The Hall–Kier alpha value is -2.57. The number of para-hydroxylation sites is 2. The van der Waals surface area contributed by atoms with Gasteiger partial charge in [-0.3, -0.25) is 9.69 Å². The average Bonchev–Trinajstić information content (AvgIpc) is 3.03. The maximum atomic E-state index is 10.8. The first kappa shape index (κ1) is 21.7.